The summed E-state index contributed by atoms with van der Waals surface area (Å²) in [5, 5.41) is 0. The van der Waals surface area contributed by atoms with Crippen molar-refractivity contribution < 1.29 is 4.42 Å². The molecule has 4 heteroatoms. The van der Waals surface area contributed by atoms with Crippen molar-refractivity contribution in [2.75, 3.05) is 0 Å². The van der Waals surface area contributed by atoms with Crippen LogP contribution < -0.4 is 5.76 Å². The highest BCUT2D eigenvalue weighted by Crippen LogP contribution is 2.46. The Hall–Kier alpha value is -1.03. The van der Waals surface area contributed by atoms with Crippen molar-refractivity contribution in [2.45, 2.75) is 37.6 Å². The minimum absolute atomic E-state index is 0.249. The monoisotopic (exact) mass is 309 g/mol. The molecule has 0 spiro atoms. The summed E-state index contributed by atoms with van der Waals surface area (Å²) in [6, 6.07) is 6.10. The number of oxazole rings is 1. The lowest BCUT2D eigenvalue weighted by atomic mass is 10.1. The van der Waals surface area contributed by atoms with Gasteiger partial charge in [-0.2, -0.15) is 0 Å². The molecular weight excluding hydrogens is 294 g/mol. The average Bonchev–Trinajstić information content (AvgIpc) is 3.15. The van der Waals surface area contributed by atoms with Crippen molar-refractivity contribution in [1.29, 1.82) is 0 Å². The maximum atomic E-state index is 11.7. The van der Waals surface area contributed by atoms with Crippen LogP contribution in [0.1, 0.15) is 36.6 Å². The molecule has 0 saturated heterocycles. The molecule has 1 fully saturated rings. The zero-order chi connectivity index (χ0) is 12.7. The van der Waals surface area contributed by atoms with Crippen LogP contribution in [-0.2, 0) is 6.54 Å². The molecule has 1 saturated carbocycles. The van der Waals surface area contributed by atoms with Gasteiger partial charge in [-0.3, -0.25) is 4.57 Å². The van der Waals surface area contributed by atoms with Gasteiger partial charge in [-0.15, -0.1) is 0 Å². The summed E-state index contributed by atoms with van der Waals surface area (Å²) >= 11 is 3.73. The van der Waals surface area contributed by atoms with E-state index in [4.69, 9.17) is 4.42 Å². The SMILES string of the molecule is CCCn1c(=O)oc2cc(C(Br)C3CC3)ccc21. The summed E-state index contributed by atoms with van der Waals surface area (Å²) < 4.78 is 7.04. The van der Waals surface area contributed by atoms with Crippen molar-refractivity contribution in [3.05, 3.63) is 34.3 Å². The minimum atomic E-state index is -0.249. The van der Waals surface area contributed by atoms with E-state index in [1.165, 1.54) is 18.4 Å². The van der Waals surface area contributed by atoms with Crippen LogP contribution in [-0.4, -0.2) is 4.57 Å². The van der Waals surface area contributed by atoms with Crippen LogP contribution >= 0.6 is 15.9 Å². The van der Waals surface area contributed by atoms with Crippen LogP contribution in [0.2, 0.25) is 0 Å². The second-order valence-corrected chi connectivity index (χ2v) is 5.97. The van der Waals surface area contributed by atoms with Gasteiger partial charge in [0.1, 0.15) is 0 Å². The molecule has 0 N–H and O–H groups in total. The fourth-order valence-electron chi connectivity index (χ4n) is 2.35. The quantitative estimate of drug-likeness (QED) is 0.804. The lowest BCUT2D eigenvalue weighted by molar-refractivity contribution is 0.502. The van der Waals surface area contributed by atoms with Crippen LogP contribution in [0.15, 0.2) is 27.4 Å². The van der Waals surface area contributed by atoms with Crippen LogP contribution in [0.3, 0.4) is 0 Å². The predicted octanol–water partition coefficient (Wildman–Crippen LogP) is 3.85. The Kier molecular flexibility index (Phi) is 3.06. The molecule has 0 bridgehead atoms. The predicted molar refractivity (Wildman–Crippen MR) is 75.2 cm³/mol. The summed E-state index contributed by atoms with van der Waals surface area (Å²) in [6.45, 7) is 2.77. The largest absolute Gasteiger partial charge is 0.419 e. The number of hydrogen-bond donors (Lipinski definition) is 0. The lowest BCUT2D eigenvalue weighted by Crippen LogP contribution is -2.13. The summed E-state index contributed by atoms with van der Waals surface area (Å²) in [6.07, 6.45) is 3.50. The van der Waals surface area contributed by atoms with Crippen molar-refractivity contribution >= 4 is 27.0 Å². The van der Waals surface area contributed by atoms with E-state index in [-0.39, 0.29) is 5.76 Å². The van der Waals surface area contributed by atoms with Crippen LogP contribution in [0.4, 0.5) is 0 Å². The number of aromatic nitrogens is 1. The number of halogens is 1. The molecule has 3 rings (SSSR count). The van der Waals surface area contributed by atoms with E-state index in [9.17, 15) is 4.79 Å². The van der Waals surface area contributed by atoms with E-state index >= 15 is 0 Å². The Morgan fingerprint density at radius 2 is 2.28 bits per heavy atom. The van der Waals surface area contributed by atoms with Crippen molar-refractivity contribution in [3.63, 3.8) is 0 Å². The van der Waals surface area contributed by atoms with Gasteiger partial charge in [0.2, 0.25) is 0 Å². The van der Waals surface area contributed by atoms with Gasteiger partial charge in [0.05, 0.1) is 5.52 Å². The van der Waals surface area contributed by atoms with E-state index in [0.29, 0.717) is 17.0 Å². The molecule has 1 heterocycles. The Morgan fingerprint density at radius 1 is 1.50 bits per heavy atom. The van der Waals surface area contributed by atoms with Gasteiger partial charge < -0.3 is 4.42 Å². The molecule has 1 aliphatic rings. The number of hydrogen-bond acceptors (Lipinski definition) is 2. The normalized spacial score (nSPS) is 17.2. The molecule has 0 aliphatic heterocycles. The van der Waals surface area contributed by atoms with Gasteiger partial charge in [0.15, 0.2) is 5.58 Å². The van der Waals surface area contributed by atoms with E-state index in [1.54, 1.807) is 4.57 Å². The molecular formula is C14H16BrNO2. The molecule has 18 heavy (non-hydrogen) atoms. The first-order chi connectivity index (χ1) is 8.70. The van der Waals surface area contributed by atoms with Gasteiger partial charge in [-0.25, -0.2) is 4.79 Å². The summed E-state index contributed by atoms with van der Waals surface area (Å²) in [5.74, 6) is 0.494. The highest BCUT2D eigenvalue weighted by atomic mass is 79.9. The Morgan fingerprint density at radius 3 is 2.94 bits per heavy atom. The third-order valence-corrected chi connectivity index (χ3v) is 4.77. The van der Waals surface area contributed by atoms with E-state index in [0.717, 1.165) is 17.9 Å². The zero-order valence-electron chi connectivity index (χ0n) is 10.4. The number of alkyl halides is 1. The second kappa shape index (κ2) is 4.57. The highest BCUT2D eigenvalue weighted by molar-refractivity contribution is 9.09. The van der Waals surface area contributed by atoms with Crippen LogP contribution in [0.5, 0.6) is 0 Å². The molecule has 3 nitrogen and oxygen atoms in total. The second-order valence-electron chi connectivity index (χ2n) is 4.99. The summed E-state index contributed by atoms with van der Waals surface area (Å²) in [4.78, 5) is 12.1. The molecule has 1 aromatic heterocycles. The zero-order valence-corrected chi connectivity index (χ0v) is 11.9. The molecule has 0 radical (unpaired) electrons. The number of nitrogens with zero attached hydrogens (tertiary/aromatic N) is 1. The maximum absolute atomic E-state index is 11.7. The Labute approximate surface area is 114 Å². The third kappa shape index (κ3) is 2.03. The van der Waals surface area contributed by atoms with Crippen LogP contribution in [0, 0.1) is 5.92 Å². The van der Waals surface area contributed by atoms with Gasteiger partial charge in [0.25, 0.3) is 0 Å². The molecule has 1 aromatic carbocycles. The summed E-state index contributed by atoms with van der Waals surface area (Å²) in [5.41, 5.74) is 2.82. The van der Waals surface area contributed by atoms with E-state index in [1.807, 2.05) is 12.1 Å². The first-order valence-electron chi connectivity index (χ1n) is 6.48. The maximum Gasteiger partial charge on any atom is 0.419 e. The van der Waals surface area contributed by atoms with Crippen molar-refractivity contribution in [1.82, 2.24) is 4.57 Å². The lowest BCUT2D eigenvalue weighted by Gasteiger charge is -2.08. The molecule has 96 valence electrons. The summed E-state index contributed by atoms with van der Waals surface area (Å²) in [7, 11) is 0. The fraction of sp³-hybridized carbons (Fsp3) is 0.500. The first-order valence-corrected chi connectivity index (χ1v) is 7.39. The Bertz CT molecular complexity index is 624. The number of fused-ring (bicyclic) bond motifs is 1. The standard InChI is InChI=1S/C14H16BrNO2/c1-2-7-16-11-6-5-10(13(15)9-3-4-9)8-12(11)18-14(16)17/h5-6,8-9,13H,2-4,7H2,1H3. The average molecular weight is 310 g/mol. The highest BCUT2D eigenvalue weighted by Gasteiger charge is 2.30. The number of benzene rings is 1. The van der Waals surface area contributed by atoms with Crippen molar-refractivity contribution in [2.24, 2.45) is 5.92 Å². The molecule has 1 aliphatic carbocycles. The molecule has 1 atom stereocenters. The smallest absolute Gasteiger partial charge is 0.408 e. The molecule has 0 amide bonds. The number of rotatable bonds is 4. The Balaban J connectivity index is 2.04. The molecule has 1 unspecified atom stereocenters. The fourth-order valence-corrected chi connectivity index (χ4v) is 3.16. The molecule has 2 aromatic rings. The minimum Gasteiger partial charge on any atom is -0.408 e. The topological polar surface area (TPSA) is 35.1 Å². The van der Waals surface area contributed by atoms with Gasteiger partial charge in [-0.1, -0.05) is 28.9 Å². The first kappa shape index (κ1) is 12.0. The van der Waals surface area contributed by atoms with Crippen molar-refractivity contribution in [3.8, 4) is 0 Å². The van der Waals surface area contributed by atoms with E-state index < -0.39 is 0 Å². The third-order valence-electron chi connectivity index (χ3n) is 3.49. The number of aryl methyl sites for hydroxylation is 1. The van der Waals surface area contributed by atoms with Crippen LogP contribution in [0.25, 0.3) is 11.1 Å². The van der Waals surface area contributed by atoms with Gasteiger partial charge in [0, 0.05) is 11.4 Å². The van der Waals surface area contributed by atoms with Gasteiger partial charge in [-0.05, 0) is 42.9 Å². The van der Waals surface area contributed by atoms with E-state index in [2.05, 4.69) is 28.9 Å². The van der Waals surface area contributed by atoms with Gasteiger partial charge >= 0.3 is 5.76 Å².